The maximum atomic E-state index is 5.95. The van der Waals surface area contributed by atoms with Gasteiger partial charge in [0, 0.05) is 5.54 Å². The monoisotopic (exact) mass is 198 g/mol. The molecule has 1 fully saturated rings. The van der Waals surface area contributed by atoms with Crippen LogP contribution < -0.4 is 5.73 Å². The maximum absolute atomic E-state index is 5.95. The first-order valence-electron chi connectivity index (χ1n) is 5.98. The van der Waals surface area contributed by atoms with Crippen LogP contribution in [0.25, 0.3) is 0 Å². The van der Waals surface area contributed by atoms with Crippen LogP contribution in [0.2, 0.25) is 0 Å². The van der Waals surface area contributed by atoms with Gasteiger partial charge in [-0.25, -0.2) is 0 Å². The molecule has 1 heterocycles. The van der Waals surface area contributed by atoms with Crippen LogP contribution >= 0.6 is 0 Å². The summed E-state index contributed by atoms with van der Waals surface area (Å²) in [6.07, 6.45) is 5.15. The number of nitrogens with zero attached hydrogens (tertiary/aromatic N) is 1. The van der Waals surface area contributed by atoms with Gasteiger partial charge in [-0.1, -0.05) is 6.92 Å². The third kappa shape index (κ3) is 4.97. The Bertz CT molecular complexity index is 152. The second-order valence-electron chi connectivity index (χ2n) is 5.62. The summed E-state index contributed by atoms with van der Waals surface area (Å²) >= 11 is 0. The molecule has 2 heteroatoms. The molecule has 1 aliphatic heterocycles. The lowest BCUT2D eigenvalue weighted by Gasteiger charge is -2.31. The molecule has 0 spiro atoms. The van der Waals surface area contributed by atoms with Crippen molar-refractivity contribution >= 4 is 0 Å². The lowest BCUT2D eigenvalue weighted by Crippen LogP contribution is -2.36. The molecule has 1 aliphatic rings. The Morgan fingerprint density at radius 2 is 1.86 bits per heavy atom. The fraction of sp³-hybridized carbons (Fsp3) is 1.00. The highest BCUT2D eigenvalue weighted by Gasteiger charge is 2.16. The standard InChI is InChI=1S/C12H26N2/c1-11-5-9-14(10-6-11)8-4-7-12(2,3)13/h11H,4-10,13H2,1-3H3. The molecule has 0 aromatic rings. The Morgan fingerprint density at radius 3 is 2.36 bits per heavy atom. The molecule has 0 aromatic carbocycles. The third-order valence-corrected chi connectivity index (χ3v) is 3.17. The zero-order valence-electron chi connectivity index (χ0n) is 10.1. The van der Waals surface area contributed by atoms with Crippen molar-refractivity contribution in [2.24, 2.45) is 11.7 Å². The van der Waals surface area contributed by atoms with Crippen molar-refractivity contribution in [3.05, 3.63) is 0 Å². The molecule has 1 rings (SSSR count). The fourth-order valence-electron chi connectivity index (χ4n) is 2.04. The van der Waals surface area contributed by atoms with Gasteiger partial charge >= 0.3 is 0 Å². The third-order valence-electron chi connectivity index (χ3n) is 3.17. The lowest BCUT2D eigenvalue weighted by atomic mass is 9.97. The fourth-order valence-corrected chi connectivity index (χ4v) is 2.04. The Morgan fingerprint density at radius 1 is 1.29 bits per heavy atom. The van der Waals surface area contributed by atoms with E-state index in [0.29, 0.717) is 0 Å². The molecule has 0 atom stereocenters. The van der Waals surface area contributed by atoms with Gasteiger partial charge in [-0.2, -0.15) is 0 Å². The van der Waals surface area contributed by atoms with Crippen LogP contribution in [-0.4, -0.2) is 30.1 Å². The predicted molar refractivity (Wildman–Crippen MR) is 62.3 cm³/mol. The first kappa shape index (κ1) is 12.0. The van der Waals surface area contributed by atoms with Crippen molar-refractivity contribution in [3.63, 3.8) is 0 Å². The summed E-state index contributed by atoms with van der Waals surface area (Å²) in [4.78, 5) is 2.59. The summed E-state index contributed by atoms with van der Waals surface area (Å²) in [6.45, 7) is 10.4. The summed E-state index contributed by atoms with van der Waals surface area (Å²) in [5.41, 5.74) is 5.97. The Balaban J connectivity index is 2.08. The summed E-state index contributed by atoms with van der Waals surface area (Å²) in [5, 5.41) is 0. The number of hydrogen-bond acceptors (Lipinski definition) is 2. The first-order valence-corrected chi connectivity index (χ1v) is 5.98. The summed E-state index contributed by atoms with van der Waals surface area (Å²) in [5.74, 6) is 0.942. The largest absolute Gasteiger partial charge is 0.326 e. The first-order chi connectivity index (χ1) is 6.47. The zero-order chi connectivity index (χ0) is 10.6. The van der Waals surface area contributed by atoms with Gasteiger partial charge in [0.25, 0.3) is 0 Å². The van der Waals surface area contributed by atoms with E-state index in [4.69, 9.17) is 5.73 Å². The number of likely N-dealkylation sites (tertiary alicyclic amines) is 1. The van der Waals surface area contributed by atoms with E-state index >= 15 is 0 Å². The number of hydrogen-bond donors (Lipinski definition) is 1. The van der Waals surface area contributed by atoms with Gasteiger partial charge in [-0.15, -0.1) is 0 Å². The van der Waals surface area contributed by atoms with E-state index in [2.05, 4.69) is 25.7 Å². The van der Waals surface area contributed by atoms with E-state index in [1.807, 2.05) is 0 Å². The van der Waals surface area contributed by atoms with Crippen molar-refractivity contribution in [1.82, 2.24) is 4.90 Å². The molecule has 14 heavy (non-hydrogen) atoms. The second kappa shape index (κ2) is 5.13. The Labute approximate surface area is 88.8 Å². The van der Waals surface area contributed by atoms with Gasteiger partial charge in [-0.05, 0) is 65.1 Å². The van der Waals surface area contributed by atoms with Crippen LogP contribution in [0.3, 0.4) is 0 Å². The van der Waals surface area contributed by atoms with Gasteiger partial charge in [0.15, 0.2) is 0 Å². The van der Waals surface area contributed by atoms with Crippen LogP contribution in [-0.2, 0) is 0 Å². The van der Waals surface area contributed by atoms with Crippen molar-refractivity contribution < 1.29 is 0 Å². The number of piperidine rings is 1. The van der Waals surface area contributed by atoms with Crippen LogP contribution in [0.4, 0.5) is 0 Å². The lowest BCUT2D eigenvalue weighted by molar-refractivity contribution is 0.186. The molecule has 0 aromatic heterocycles. The van der Waals surface area contributed by atoms with Crippen LogP contribution in [0, 0.1) is 5.92 Å². The highest BCUT2D eigenvalue weighted by atomic mass is 15.1. The molecule has 0 amide bonds. The predicted octanol–water partition coefficient (Wildman–Crippen LogP) is 2.24. The molecule has 0 bridgehead atoms. The van der Waals surface area contributed by atoms with Crippen molar-refractivity contribution in [1.29, 1.82) is 0 Å². The highest BCUT2D eigenvalue weighted by molar-refractivity contribution is 4.74. The van der Waals surface area contributed by atoms with E-state index in [1.54, 1.807) is 0 Å². The van der Waals surface area contributed by atoms with E-state index in [-0.39, 0.29) is 5.54 Å². The van der Waals surface area contributed by atoms with Crippen molar-refractivity contribution in [2.75, 3.05) is 19.6 Å². The van der Waals surface area contributed by atoms with Crippen LogP contribution in [0.15, 0.2) is 0 Å². The average molecular weight is 198 g/mol. The summed E-state index contributed by atoms with van der Waals surface area (Å²) in [7, 11) is 0. The number of nitrogens with two attached hydrogens (primary N) is 1. The molecule has 0 radical (unpaired) electrons. The smallest absolute Gasteiger partial charge is 0.00975 e. The van der Waals surface area contributed by atoms with Crippen LogP contribution in [0.1, 0.15) is 46.5 Å². The normalized spacial score (nSPS) is 21.4. The van der Waals surface area contributed by atoms with Gasteiger partial charge in [0.05, 0.1) is 0 Å². The quantitative estimate of drug-likeness (QED) is 0.750. The summed E-state index contributed by atoms with van der Waals surface area (Å²) in [6, 6.07) is 0. The minimum atomic E-state index is 0.0169. The van der Waals surface area contributed by atoms with Crippen LogP contribution in [0.5, 0.6) is 0 Å². The minimum Gasteiger partial charge on any atom is -0.326 e. The van der Waals surface area contributed by atoms with Gasteiger partial charge in [0.1, 0.15) is 0 Å². The molecule has 2 nitrogen and oxygen atoms in total. The molecule has 84 valence electrons. The van der Waals surface area contributed by atoms with Crippen molar-refractivity contribution in [3.8, 4) is 0 Å². The second-order valence-corrected chi connectivity index (χ2v) is 5.62. The molecule has 0 unspecified atom stereocenters. The van der Waals surface area contributed by atoms with E-state index in [1.165, 1.54) is 38.9 Å². The SMILES string of the molecule is CC1CCN(CCCC(C)(C)N)CC1. The Hall–Kier alpha value is -0.0800. The van der Waals surface area contributed by atoms with Gasteiger partial charge in [-0.3, -0.25) is 0 Å². The zero-order valence-corrected chi connectivity index (χ0v) is 10.1. The highest BCUT2D eigenvalue weighted by Crippen LogP contribution is 2.17. The molecule has 0 saturated carbocycles. The van der Waals surface area contributed by atoms with E-state index in [9.17, 15) is 0 Å². The molecule has 2 N–H and O–H groups in total. The van der Waals surface area contributed by atoms with E-state index in [0.717, 1.165) is 12.3 Å². The topological polar surface area (TPSA) is 29.3 Å². The summed E-state index contributed by atoms with van der Waals surface area (Å²) < 4.78 is 0. The minimum absolute atomic E-state index is 0.0169. The van der Waals surface area contributed by atoms with Crippen molar-refractivity contribution in [2.45, 2.75) is 52.0 Å². The Kier molecular flexibility index (Phi) is 4.39. The average Bonchev–Trinajstić information content (AvgIpc) is 2.06. The number of rotatable bonds is 4. The van der Waals surface area contributed by atoms with Gasteiger partial charge in [0.2, 0.25) is 0 Å². The van der Waals surface area contributed by atoms with Gasteiger partial charge < -0.3 is 10.6 Å². The molecule has 1 saturated heterocycles. The molecular formula is C12H26N2. The molecule has 0 aliphatic carbocycles. The maximum Gasteiger partial charge on any atom is 0.00975 e. The molecular weight excluding hydrogens is 172 g/mol. The van der Waals surface area contributed by atoms with E-state index < -0.39 is 0 Å².